The number of aliphatic hydroxyl groups excluding tert-OH is 1. The molecule has 2 N–H and O–H groups in total. The number of thiophene rings is 2. The highest BCUT2D eigenvalue weighted by Crippen LogP contribution is 2.38. The van der Waals surface area contributed by atoms with Gasteiger partial charge in [0.2, 0.25) is 0 Å². The number of rotatable bonds is 7. The van der Waals surface area contributed by atoms with Gasteiger partial charge in [-0.25, -0.2) is 9.97 Å². The lowest BCUT2D eigenvalue weighted by Crippen LogP contribution is -2.21. The Bertz CT molecular complexity index is 978. The molecule has 0 bridgehead atoms. The molecule has 7 heteroatoms. The van der Waals surface area contributed by atoms with E-state index in [2.05, 4.69) is 38.2 Å². The lowest BCUT2D eigenvalue weighted by molar-refractivity contribution is 0.226. The summed E-state index contributed by atoms with van der Waals surface area (Å²) in [6.07, 6.45) is 2.35. The predicted octanol–water partition coefficient (Wildman–Crippen LogP) is 4.58. The Labute approximate surface area is 159 Å². The molecule has 1 atom stereocenters. The van der Waals surface area contributed by atoms with Crippen LogP contribution >= 0.6 is 22.7 Å². The van der Waals surface area contributed by atoms with E-state index < -0.39 is 0 Å². The summed E-state index contributed by atoms with van der Waals surface area (Å²) in [6, 6.07) is 7.97. The second kappa shape index (κ2) is 7.57. The monoisotopic (exact) mass is 385 g/mol. The number of hydrogen-bond acceptors (Lipinski definition) is 7. The largest absolute Gasteiger partial charge is 0.469 e. The zero-order valence-electron chi connectivity index (χ0n) is 14.3. The minimum Gasteiger partial charge on any atom is -0.469 e. The Morgan fingerprint density at radius 1 is 1.23 bits per heavy atom. The van der Waals surface area contributed by atoms with Crippen molar-refractivity contribution in [2.45, 2.75) is 13.3 Å². The molecule has 4 rings (SSSR count). The van der Waals surface area contributed by atoms with E-state index in [0.717, 1.165) is 33.2 Å². The first-order valence-electron chi connectivity index (χ1n) is 8.41. The first kappa shape index (κ1) is 17.2. The number of hydrogen-bond donors (Lipinski definition) is 2. The molecule has 0 aliphatic heterocycles. The summed E-state index contributed by atoms with van der Waals surface area (Å²) < 4.78 is 5.40. The van der Waals surface area contributed by atoms with Crippen molar-refractivity contribution in [3.63, 3.8) is 0 Å². The van der Waals surface area contributed by atoms with Crippen molar-refractivity contribution in [3.05, 3.63) is 52.9 Å². The highest BCUT2D eigenvalue weighted by molar-refractivity contribution is 7.18. The van der Waals surface area contributed by atoms with Crippen LogP contribution in [0.4, 0.5) is 5.82 Å². The van der Waals surface area contributed by atoms with Crippen molar-refractivity contribution < 1.29 is 9.52 Å². The molecule has 0 saturated heterocycles. The lowest BCUT2D eigenvalue weighted by atomic mass is 10.0. The number of nitrogens with zero attached hydrogens (tertiary/aromatic N) is 2. The summed E-state index contributed by atoms with van der Waals surface area (Å²) in [5.41, 5.74) is 1.16. The summed E-state index contributed by atoms with van der Waals surface area (Å²) in [5, 5.41) is 18.4. The fourth-order valence-electron chi connectivity index (χ4n) is 2.95. The first-order chi connectivity index (χ1) is 12.7. The van der Waals surface area contributed by atoms with Crippen molar-refractivity contribution in [2.75, 3.05) is 18.5 Å². The number of aromatic nitrogens is 2. The number of fused-ring (bicyclic) bond motifs is 1. The maximum Gasteiger partial charge on any atom is 0.139 e. The molecule has 0 radical (unpaired) electrons. The van der Waals surface area contributed by atoms with Crippen molar-refractivity contribution >= 4 is 38.7 Å². The predicted molar refractivity (Wildman–Crippen MR) is 107 cm³/mol. The van der Waals surface area contributed by atoms with E-state index >= 15 is 0 Å². The summed E-state index contributed by atoms with van der Waals surface area (Å²) in [4.78, 5) is 11.4. The second-order valence-electron chi connectivity index (χ2n) is 6.14. The van der Waals surface area contributed by atoms with Gasteiger partial charge in [0.25, 0.3) is 0 Å². The third-order valence-corrected chi connectivity index (χ3v) is 5.99. The quantitative estimate of drug-likeness (QED) is 0.487. The molecule has 5 nitrogen and oxygen atoms in total. The Morgan fingerprint density at radius 3 is 2.88 bits per heavy atom. The van der Waals surface area contributed by atoms with E-state index in [-0.39, 0.29) is 12.5 Å². The van der Waals surface area contributed by atoms with Crippen molar-refractivity contribution in [2.24, 2.45) is 5.92 Å². The molecule has 0 amide bonds. The standard InChI is InChI=1S/C19H19N3O2S2/c1-12-21-18(20-9-13(10-23)8-14-4-2-6-24-14)17-15(11-26-19(17)22-12)16-5-3-7-25-16/h2-7,11,13,23H,8-10H2,1H3,(H,20,21,22)/t13-/m0/s1. The second-order valence-corrected chi connectivity index (χ2v) is 7.95. The molecule has 0 aromatic carbocycles. The van der Waals surface area contributed by atoms with E-state index in [9.17, 15) is 5.11 Å². The summed E-state index contributed by atoms with van der Waals surface area (Å²) >= 11 is 3.35. The topological polar surface area (TPSA) is 71.2 Å². The number of aliphatic hydroxyl groups is 1. The Hall–Kier alpha value is -2.22. The molecule has 134 valence electrons. The van der Waals surface area contributed by atoms with Crippen LogP contribution in [0.1, 0.15) is 11.6 Å². The maximum absolute atomic E-state index is 9.72. The summed E-state index contributed by atoms with van der Waals surface area (Å²) in [6.45, 7) is 2.60. The van der Waals surface area contributed by atoms with Crippen LogP contribution in [0.5, 0.6) is 0 Å². The van der Waals surface area contributed by atoms with E-state index in [1.807, 2.05) is 19.1 Å². The first-order valence-corrected chi connectivity index (χ1v) is 10.2. The van der Waals surface area contributed by atoms with Gasteiger partial charge in [0.05, 0.1) is 11.6 Å². The molecule has 4 heterocycles. The number of aryl methyl sites for hydroxylation is 1. The molecule has 0 saturated carbocycles. The van der Waals surface area contributed by atoms with Gasteiger partial charge in [-0.15, -0.1) is 22.7 Å². The normalized spacial score (nSPS) is 12.5. The molecule has 4 aromatic rings. The van der Waals surface area contributed by atoms with Crippen LogP contribution in [0.25, 0.3) is 20.7 Å². The zero-order valence-corrected chi connectivity index (χ0v) is 15.9. The molecular formula is C19H19N3O2S2. The van der Waals surface area contributed by atoms with Crippen molar-refractivity contribution in [1.29, 1.82) is 0 Å². The molecular weight excluding hydrogens is 366 g/mol. The van der Waals surface area contributed by atoms with Gasteiger partial charge >= 0.3 is 0 Å². The Balaban J connectivity index is 1.62. The highest BCUT2D eigenvalue weighted by atomic mass is 32.1. The van der Waals surface area contributed by atoms with Crippen LogP contribution in [-0.4, -0.2) is 28.2 Å². The van der Waals surface area contributed by atoms with Crippen LogP contribution in [0.3, 0.4) is 0 Å². The van der Waals surface area contributed by atoms with Gasteiger partial charge in [0.15, 0.2) is 0 Å². The minimum absolute atomic E-state index is 0.0512. The average Bonchev–Trinajstić information content (AvgIpc) is 3.38. The van der Waals surface area contributed by atoms with Crippen molar-refractivity contribution in [3.8, 4) is 10.4 Å². The Kier molecular flexibility index (Phi) is 5.01. The zero-order chi connectivity index (χ0) is 17.9. The van der Waals surface area contributed by atoms with E-state index in [4.69, 9.17) is 4.42 Å². The van der Waals surface area contributed by atoms with Gasteiger partial charge in [-0.2, -0.15) is 0 Å². The van der Waals surface area contributed by atoms with Crippen LogP contribution in [-0.2, 0) is 6.42 Å². The highest BCUT2D eigenvalue weighted by Gasteiger charge is 2.17. The molecule has 0 aliphatic rings. The van der Waals surface area contributed by atoms with E-state index in [0.29, 0.717) is 13.0 Å². The van der Waals surface area contributed by atoms with E-state index in [1.54, 1.807) is 28.9 Å². The fraction of sp³-hybridized carbons (Fsp3) is 0.263. The van der Waals surface area contributed by atoms with Crippen molar-refractivity contribution in [1.82, 2.24) is 9.97 Å². The minimum atomic E-state index is 0.0512. The van der Waals surface area contributed by atoms with Gasteiger partial charge in [-0.3, -0.25) is 0 Å². The number of furan rings is 1. The average molecular weight is 386 g/mol. The SMILES string of the molecule is Cc1nc(NC[C@@H](CO)Cc2ccco2)c2c(-c3cccs3)csc2n1. The van der Waals surface area contributed by atoms with Crippen LogP contribution in [0, 0.1) is 12.8 Å². The smallest absolute Gasteiger partial charge is 0.139 e. The van der Waals surface area contributed by atoms with Crippen LogP contribution in [0.2, 0.25) is 0 Å². The molecule has 26 heavy (non-hydrogen) atoms. The number of anilines is 1. The summed E-state index contributed by atoms with van der Waals surface area (Å²) in [7, 11) is 0. The Morgan fingerprint density at radius 2 is 2.15 bits per heavy atom. The molecule has 0 fully saturated rings. The molecule has 0 aliphatic carbocycles. The van der Waals surface area contributed by atoms with Gasteiger partial charge in [-0.1, -0.05) is 6.07 Å². The third kappa shape index (κ3) is 3.51. The fourth-order valence-corrected chi connectivity index (χ4v) is 4.75. The molecule has 0 unspecified atom stereocenters. The van der Waals surface area contributed by atoms with Gasteiger partial charge in [0.1, 0.15) is 22.2 Å². The lowest BCUT2D eigenvalue weighted by Gasteiger charge is -2.15. The number of nitrogens with one attached hydrogen (secondary N) is 1. The molecule has 4 aromatic heterocycles. The van der Waals surface area contributed by atoms with Crippen LogP contribution < -0.4 is 5.32 Å². The van der Waals surface area contributed by atoms with E-state index in [1.165, 1.54) is 4.88 Å². The third-order valence-electron chi connectivity index (χ3n) is 4.22. The van der Waals surface area contributed by atoms with Gasteiger partial charge in [0, 0.05) is 41.3 Å². The van der Waals surface area contributed by atoms with Gasteiger partial charge < -0.3 is 14.8 Å². The van der Waals surface area contributed by atoms with Gasteiger partial charge in [-0.05, 0) is 30.5 Å². The van der Waals surface area contributed by atoms with Crippen LogP contribution in [0.15, 0.2) is 45.7 Å². The maximum atomic E-state index is 9.72. The summed E-state index contributed by atoms with van der Waals surface area (Å²) in [5.74, 6) is 2.50. The molecule has 0 spiro atoms.